The summed E-state index contributed by atoms with van der Waals surface area (Å²) in [4.78, 5) is 0. The van der Waals surface area contributed by atoms with Crippen LogP contribution >= 0.6 is 0 Å². The molecule has 5 nitrogen and oxygen atoms in total. The van der Waals surface area contributed by atoms with E-state index in [9.17, 15) is 5.11 Å². The van der Waals surface area contributed by atoms with E-state index in [4.69, 9.17) is 18.3 Å². The summed E-state index contributed by atoms with van der Waals surface area (Å²) < 4.78 is 26.7. The van der Waals surface area contributed by atoms with E-state index < -0.39 is 30.8 Å². The summed E-state index contributed by atoms with van der Waals surface area (Å²) in [6.07, 6.45) is 21.1. The number of ether oxygens (including phenoxy) is 2. The molecule has 51 heavy (non-hydrogen) atoms. The third kappa shape index (κ3) is 17.2. The second-order valence-corrected chi connectivity index (χ2v) is 33.3. The van der Waals surface area contributed by atoms with Gasteiger partial charge in [0.1, 0.15) is 8.07 Å². The van der Waals surface area contributed by atoms with Gasteiger partial charge < -0.3 is 23.4 Å². The van der Waals surface area contributed by atoms with E-state index in [1.807, 2.05) is 6.08 Å². The van der Waals surface area contributed by atoms with E-state index in [0.29, 0.717) is 19.4 Å². The molecule has 2 aliphatic heterocycles. The summed E-state index contributed by atoms with van der Waals surface area (Å²) in [7, 11) is -5.66. The molecule has 0 aromatic heterocycles. The Morgan fingerprint density at radius 1 is 1.02 bits per heavy atom. The quantitative estimate of drug-likeness (QED) is 0.0910. The molecule has 6 atom stereocenters. The summed E-state index contributed by atoms with van der Waals surface area (Å²) in [5.41, 5.74) is 5.88. The lowest BCUT2D eigenvalue weighted by molar-refractivity contribution is 0.00343. The lowest BCUT2D eigenvalue weighted by Gasteiger charge is -2.44. The van der Waals surface area contributed by atoms with Crippen molar-refractivity contribution < 1.29 is 23.4 Å². The third-order valence-corrected chi connectivity index (χ3v) is 20.7. The van der Waals surface area contributed by atoms with Gasteiger partial charge in [-0.25, -0.2) is 0 Å². The van der Waals surface area contributed by atoms with Gasteiger partial charge in [0, 0.05) is 6.42 Å². The first-order valence-corrected chi connectivity index (χ1v) is 28.8. The molecule has 0 fully saturated rings. The van der Waals surface area contributed by atoms with Crippen LogP contribution in [0.5, 0.6) is 0 Å². The molecule has 2 aliphatic rings. The summed E-state index contributed by atoms with van der Waals surface area (Å²) in [5.74, 6) is 3.36. The van der Waals surface area contributed by atoms with Crippen LogP contribution in [-0.2, 0) is 18.3 Å². The average Bonchev–Trinajstić information content (AvgIpc) is 2.97. The van der Waals surface area contributed by atoms with Crippen molar-refractivity contribution in [3.8, 4) is 11.5 Å². The maximum Gasteiger partial charge on any atom is 0.193 e. The molecule has 0 aromatic rings. The Morgan fingerprint density at radius 2 is 1.67 bits per heavy atom. The van der Waals surface area contributed by atoms with Crippen molar-refractivity contribution in [2.24, 2.45) is 0 Å². The van der Waals surface area contributed by atoms with E-state index >= 15 is 0 Å². The van der Waals surface area contributed by atoms with Gasteiger partial charge in [0.05, 0.1) is 43.2 Å². The summed E-state index contributed by atoms with van der Waals surface area (Å²) in [6.45, 7) is 36.9. The molecule has 0 aromatic carbocycles. The Morgan fingerprint density at radius 3 is 2.27 bits per heavy atom. The highest BCUT2D eigenvalue weighted by atomic mass is 28.4. The molecular weight excluding hydrogens is 681 g/mol. The zero-order valence-electron chi connectivity index (χ0n) is 35.2. The minimum absolute atomic E-state index is 0.0362. The predicted molar refractivity (Wildman–Crippen MR) is 227 cm³/mol. The number of aliphatic hydroxyl groups excluding tert-OH is 1. The Kier molecular flexibility index (Phi) is 17.9. The number of aliphatic hydroxyl groups is 1. The van der Waals surface area contributed by atoms with Crippen LogP contribution in [0.1, 0.15) is 99.8 Å². The van der Waals surface area contributed by atoms with Crippen LogP contribution < -0.4 is 0 Å². The van der Waals surface area contributed by atoms with Crippen LogP contribution in [-0.4, -0.2) is 73.0 Å². The van der Waals surface area contributed by atoms with Gasteiger partial charge in [-0.05, 0) is 88.1 Å². The smallest absolute Gasteiger partial charge is 0.193 e. The number of hydrogen-bond donors (Lipinski definition) is 1. The predicted octanol–water partition coefficient (Wildman–Crippen LogP) is 11.5. The maximum atomic E-state index is 11.1. The average molecular weight is 757 g/mol. The van der Waals surface area contributed by atoms with Crippen LogP contribution in [0.4, 0.5) is 0 Å². The fourth-order valence-corrected chi connectivity index (χ4v) is 8.79. The molecule has 2 rings (SSSR count). The van der Waals surface area contributed by atoms with Gasteiger partial charge in [-0.15, -0.1) is 11.5 Å². The normalized spacial score (nSPS) is 22.8. The van der Waals surface area contributed by atoms with Crippen molar-refractivity contribution in [3.05, 3.63) is 60.3 Å². The van der Waals surface area contributed by atoms with Gasteiger partial charge in [-0.2, -0.15) is 0 Å². The summed E-state index contributed by atoms with van der Waals surface area (Å²) >= 11 is 0. The topological polar surface area (TPSA) is 57.2 Å². The standard InChI is InChI=1S/C43H76O5Si3/c1-34(20-16-22-37-23-18-24-38(46-37)25-19-31-49(9,10)11)32-36(44)21-17-26-40(47-50(12,13)42(3,4)5)41(48-51(14,15)43(6,7)8)28-27-39-33-35(2)29-30-45-39/h17-18,21,24,27-29,36-41,44H,1,16,20,22-23,25-26,30,32-33H2,2-15H3/b21-17+,28-27+/t36-,37-,38+,39-,40+,41+/m1/s1. The molecule has 290 valence electrons. The van der Waals surface area contributed by atoms with Crippen LogP contribution in [0.2, 0.25) is 55.9 Å². The van der Waals surface area contributed by atoms with Gasteiger partial charge in [0.25, 0.3) is 0 Å². The zero-order valence-corrected chi connectivity index (χ0v) is 38.2. The highest BCUT2D eigenvalue weighted by molar-refractivity contribution is 6.83. The van der Waals surface area contributed by atoms with Crippen LogP contribution in [0.3, 0.4) is 0 Å². The monoisotopic (exact) mass is 757 g/mol. The van der Waals surface area contributed by atoms with E-state index in [-0.39, 0.29) is 40.6 Å². The first-order valence-electron chi connectivity index (χ1n) is 19.5. The van der Waals surface area contributed by atoms with Crippen LogP contribution in [0.15, 0.2) is 60.3 Å². The molecule has 0 aliphatic carbocycles. The first-order chi connectivity index (χ1) is 23.4. The molecule has 8 heteroatoms. The van der Waals surface area contributed by atoms with Gasteiger partial charge in [0.2, 0.25) is 0 Å². The van der Waals surface area contributed by atoms with Crippen molar-refractivity contribution in [3.63, 3.8) is 0 Å². The van der Waals surface area contributed by atoms with E-state index in [0.717, 1.165) is 44.1 Å². The summed E-state index contributed by atoms with van der Waals surface area (Å²) in [6, 6.07) is 0. The van der Waals surface area contributed by atoms with Crippen molar-refractivity contribution in [1.29, 1.82) is 0 Å². The second-order valence-electron chi connectivity index (χ2n) is 19.1. The minimum atomic E-state index is -2.15. The fraction of sp³-hybridized carbons (Fsp3) is 0.721. The first kappa shape index (κ1) is 45.9. The fourth-order valence-electron chi connectivity index (χ4n) is 5.56. The van der Waals surface area contributed by atoms with Crippen molar-refractivity contribution in [1.82, 2.24) is 0 Å². The number of rotatable bonds is 17. The molecular formula is C43H76O5Si3. The summed E-state index contributed by atoms with van der Waals surface area (Å²) in [5, 5.41) is 11.2. The molecule has 0 bridgehead atoms. The zero-order chi connectivity index (χ0) is 38.7. The molecule has 0 saturated carbocycles. The Balaban J connectivity index is 2.09. The molecule has 0 amide bonds. The van der Waals surface area contributed by atoms with E-state index in [2.05, 4.69) is 149 Å². The van der Waals surface area contributed by atoms with Crippen LogP contribution in [0.25, 0.3) is 0 Å². The molecule has 1 N–H and O–H groups in total. The molecule has 0 saturated heterocycles. The third-order valence-electron chi connectivity index (χ3n) is 10.8. The second kappa shape index (κ2) is 19.9. The lowest BCUT2D eigenvalue weighted by atomic mass is 9.99. The van der Waals surface area contributed by atoms with E-state index in [1.54, 1.807) is 0 Å². The van der Waals surface area contributed by atoms with Gasteiger partial charge in [-0.1, -0.05) is 121 Å². The van der Waals surface area contributed by atoms with Crippen molar-refractivity contribution >= 4 is 24.7 Å². The van der Waals surface area contributed by atoms with Gasteiger partial charge >= 0.3 is 0 Å². The minimum Gasteiger partial charge on any atom is -0.411 e. The highest BCUT2D eigenvalue weighted by Crippen LogP contribution is 2.41. The SMILES string of the molecule is C=C(CCC[C@@H]1CC=C[C@@H](CC#C[Si](C)(C)C)O1)C[C@H](O)/C=C/C[C@H](O[Si](C)(C)C(C)(C)C)[C@H](/C=C/[C@@H]1CC(C)=CCO1)O[Si](C)(C)C(C)(C)C. The van der Waals surface area contributed by atoms with Gasteiger partial charge in [0.15, 0.2) is 16.6 Å². The Hall–Kier alpha value is -1.29. The highest BCUT2D eigenvalue weighted by Gasteiger charge is 2.44. The Labute approximate surface area is 317 Å². The molecule has 2 heterocycles. The van der Waals surface area contributed by atoms with Crippen molar-refractivity contribution in [2.75, 3.05) is 6.61 Å². The molecule has 0 unspecified atom stereocenters. The molecule has 0 radical (unpaired) electrons. The van der Waals surface area contributed by atoms with Crippen LogP contribution in [0, 0.1) is 11.5 Å². The van der Waals surface area contributed by atoms with Gasteiger partial charge in [-0.3, -0.25) is 0 Å². The maximum absolute atomic E-state index is 11.1. The molecule has 0 spiro atoms. The lowest BCUT2D eigenvalue weighted by Crippen LogP contribution is -2.51. The van der Waals surface area contributed by atoms with E-state index in [1.165, 1.54) is 5.57 Å². The van der Waals surface area contributed by atoms with Crippen molar-refractivity contribution in [2.45, 2.75) is 192 Å². The largest absolute Gasteiger partial charge is 0.411 e. The number of hydrogen-bond acceptors (Lipinski definition) is 5. The Bertz CT molecular complexity index is 1280.